The van der Waals surface area contributed by atoms with Crippen molar-refractivity contribution in [2.24, 2.45) is 10.8 Å². The highest BCUT2D eigenvalue weighted by atomic mass is 16.7. The number of rotatable bonds is 20. The molecule has 0 radical (unpaired) electrons. The van der Waals surface area contributed by atoms with Crippen LogP contribution in [0.25, 0.3) is 0 Å². The van der Waals surface area contributed by atoms with Gasteiger partial charge in [-0.3, -0.25) is 14.4 Å². The summed E-state index contributed by atoms with van der Waals surface area (Å²) < 4.78 is 17.9. The number of hydrogen-bond acceptors (Lipinski definition) is 7. The summed E-state index contributed by atoms with van der Waals surface area (Å²) in [6, 6.07) is 0. The zero-order valence-electron chi connectivity index (χ0n) is 34.1. The molecule has 0 N–H and O–H groups in total. The summed E-state index contributed by atoms with van der Waals surface area (Å²) in [6.07, 6.45) is 24.3. The lowest BCUT2D eigenvalue weighted by Crippen LogP contribution is -2.62. The van der Waals surface area contributed by atoms with Crippen molar-refractivity contribution in [3.63, 3.8) is 0 Å². The van der Waals surface area contributed by atoms with E-state index in [1.807, 2.05) is 0 Å². The molecule has 1 aliphatic heterocycles. The third-order valence-corrected chi connectivity index (χ3v) is 10.4. The molecule has 2 fully saturated rings. The quantitative estimate of drug-likeness (QED) is 0.0705. The zero-order valence-corrected chi connectivity index (χ0v) is 34.1. The molecule has 290 valence electrons. The SMILES string of the molecule is C#CC#CC#CC#COC1C(C)(C)CC(OC(=O)CCCCCCCCC(=O)OC2CC(C)(C)N(OCCCCCCCC)C(C)(C)C2)CC1(C)C. The van der Waals surface area contributed by atoms with E-state index in [0.717, 1.165) is 64.4 Å². The lowest BCUT2D eigenvalue weighted by atomic mass is 9.61. The number of piperidine rings is 1. The summed E-state index contributed by atoms with van der Waals surface area (Å²) in [4.78, 5) is 31.8. The summed E-state index contributed by atoms with van der Waals surface area (Å²) in [5.41, 5.74) is -0.906. The molecule has 7 heteroatoms. The molecule has 52 heavy (non-hydrogen) atoms. The number of hydrogen-bond donors (Lipinski definition) is 0. The van der Waals surface area contributed by atoms with Crippen LogP contribution < -0.4 is 0 Å². The van der Waals surface area contributed by atoms with Crippen LogP contribution in [0.3, 0.4) is 0 Å². The molecule has 7 nitrogen and oxygen atoms in total. The van der Waals surface area contributed by atoms with Crippen LogP contribution in [0.2, 0.25) is 0 Å². The van der Waals surface area contributed by atoms with Crippen LogP contribution in [0, 0.1) is 58.9 Å². The van der Waals surface area contributed by atoms with Gasteiger partial charge in [0.15, 0.2) is 0 Å². The molecular weight excluding hydrogens is 650 g/mol. The number of hydroxylamine groups is 2. The van der Waals surface area contributed by atoms with Crippen molar-refractivity contribution in [3.8, 4) is 48.1 Å². The van der Waals surface area contributed by atoms with E-state index >= 15 is 0 Å². The standard InChI is InChI=1S/C45H69NO6/c1-11-13-15-17-23-27-31-49-41-42(3,4)33-37(34-43(41,5)6)51-39(47)29-25-21-19-20-22-26-30-40(48)52-38-35-44(7,8)46(45(9,10)36-38)50-32-28-24-18-16-14-12-2/h1,37-38,41H,12,14,16,18-22,24-26,28-30,32-36H2,2-10H3. The van der Waals surface area contributed by atoms with Crippen LogP contribution in [-0.2, 0) is 28.6 Å². The molecule has 0 atom stereocenters. The number of carbonyl (C=O) groups excluding carboxylic acids is 2. The molecule has 1 saturated heterocycles. The Hall–Kier alpha value is -3.10. The largest absolute Gasteiger partial charge is 0.462 e. The molecule has 1 aliphatic carbocycles. The molecule has 0 aromatic heterocycles. The third-order valence-electron chi connectivity index (χ3n) is 10.4. The predicted molar refractivity (Wildman–Crippen MR) is 209 cm³/mol. The lowest BCUT2D eigenvalue weighted by molar-refractivity contribution is -0.293. The van der Waals surface area contributed by atoms with Gasteiger partial charge in [0.1, 0.15) is 24.4 Å². The van der Waals surface area contributed by atoms with Crippen molar-refractivity contribution >= 4 is 11.9 Å². The second-order valence-corrected chi connectivity index (χ2v) is 17.5. The number of carbonyl (C=O) groups is 2. The summed E-state index contributed by atoms with van der Waals surface area (Å²) in [5.74, 6) is 14.8. The first-order valence-electron chi connectivity index (χ1n) is 20.0. The summed E-state index contributed by atoms with van der Waals surface area (Å²) >= 11 is 0. The van der Waals surface area contributed by atoms with Gasteiger partial charge < -0.3 is 14.2 Å². The minimum atomic E-state index is -0.239. The number of nitrogens with zero attached hydrogens (tertiary/aromatic N) is 1. The average Bonchev–Trinajstić information content (AvgIpc) is 3.02. The Kier molecular flexibility index (Phi) is 19.2. The van der Waals surface area contributed by atoms with Gasteiger partial charge >= 0.3 is 11.9 Å². The van der Waals surface area contributed by atoms with Gasteiger partial charge in [0.2, 0.25) is 0 Å². The summed E-state index contributed by atoms with van der Waals surface area (Å²) in [7, 11) is 0. The minimum absolute atomic E-state index is 0.0997. The Morgan fingerprint density at radius 3 is 1.58 bits per heavy atom. The fourth-order valence-corrected chi connectivity index (χ4v) is 8.54. The van der Waals surface area contributed by atoms with E-state index in [2.05, 4.69) is 109 Å². The van der Waals surface area contributed by atoms with Gasteiger partial charge in [0, 0.05) is 65.4 Å². The fraction of sp³-hybridized carbons (Fsp3) is 0.778. The monoisotopic (exact) mass is 720 g/mol. The zero-order chi connectivity index (χ0) is 38.7. The molecule has 0 aromatic carbocycles. The first-order chi connectivity index (χ1) is 24.5. The highest BCUT2D eigenvalue weighted by molar-refractivity contribution is 5.70. The van der Waals surface area contributed by atoms with Crippen molar-refractivity contribution in [1.82, 2.24) is 5.06 Å². The lowest BCUT2D eigenvalue weighted by Gasteiger charge is -2.53. The van der Waals surface area contributed by atoms with Crippen LogP contribution in [0.1, 0.15) is 178 Å². The summed E-state index contributed by atoms with van der Waals surface area (Å²) in [5, 5.41) is 2.16. The van der Waals surface area contributed by atoms with Crippen LogP contribution in [0.5, 0.6) is 0 Å². The molecule has 0 aromatic rings. The summed E-state index contributed by atoms with van der Waals surface area (Å²) in [6.45, 7) is 20.3. The molecule has 2 rings (SSSR count). The second kappa shape index (κ2) is 22.2. The van der Waals surface area contributed by atoms with E-state index in [4.69, 9.17) is 25.5 Å². The van der Waals surface area contributed by atoms with Crippen molar-refractivity contribution in [1.29, 1.82) is 0 Å². The van der Waals surface area contributed by atoms with Crippen molar-refractivity contribution in [2.75, 3.05) is 6.61 Å². The predicted octanol–water partition coefficient (Wildman–Crippen LogP) is 9.71. The van der Waals surface area contributed by atoms with Crippen LogP contribution >= 0.6 is 0 Å². The fourth-order valence-electron chi connectivity index (χ4n) is 8.54. The Morgan fingerprint density at radius 2 is 1.06 bits per heavy atom. The van der Waals surface area contributed by atoms with Gasteiger partial charge in [-0.1, -0.05) is 92.4 Å². The topological polar surface area (TPSA) is 74.3 Å². The van der Waals surface area contributed by atoms with Crippen LogP contribution in [0.4, 0.5) is 0 Å². The molecule has 2 aliphatic rings. The maximum absolute atomic E-state index is 12.8. The smallest absolute Gasteiger partial charge is 0.306 e. The first kappa shape index (κ1) is 45.1. The second-order valence-electron chi connectivity index (χ2n) is 17.5. The van der Waals surface area contributed by atoms with Gasteiger partial charge in [-0.15, -0.1) is 6.42 Å². The van der Waals surface area contributed by atoms with Crippen LogP contribution in [-0.4, -0.2) is 53.0 Å². The number of esters is 2. The molecule has 0 bridgehead atoms. The van der Waals surface area contributed by atoms with Crippen molar-refractivity contribution in [3.05, 3.63) is 0 Å². The van der Waals surface area contributed by atoms with Crippen molar-refractivity contribution in [2.45, 2.75) is 207 Å². The molecule has 0 spiro atoms. The highest BCUT2D eigenvalue weighted by Gasteiger charge is 2.50. The van der Waals surface area contributed by atoms with E-state index in [1.54, 1.807) is 0 Å². The molecule has 0 amide bonds. The van der Waals surface area contributed by atoms with Crippen LogP contribution in [0.15, 0.2) is 0 Å². The van der Waals surface area contributed by atoms with Gasteiger partial charge in [-0.05, 0) is 77.6 Å². The van der Waals surface area contributed by atoms with Gasteiger partial charge in [0.25, 0.3) is 0 Å². The maximum atomic E-state index is 12.8. The number of unbranched alkanes of at least 4 members (excludes halogenated alkanes) is 10. The van der Waals surface area contributed by atoms with E-state index in [-0.39, 0.29) is 52.2 Å². The van der Waals surface area contributed by atoms with E-state index < -0.39 is 0 Å². The molecule has 1 saturated carbocycles. The van der Waals surface area contributed by atoms with E-state index in [0.29, 0.717) is 25.7 Å². The van der Waals surface area contributed by atoms with Gasteiger partial charge in [0.05, 0.1) is 6.61 Å². The Bertz CT molecular complexity index is 1320. The maximum Gasteiger partial charge on any atom is 0.306 e. The Labute approximate surface area is 317 Å². The van der Waals surface area contributed by atoms with E-state index in [9.17, 15) is 9.59 Å². The van der Waals surface area contributed by atoms with E-state index in [1.165, 1.54) is 32.1 Å². The highest BCUT2D eigenvalue weighted by Crippen LogP contribution is 2.48. The Balaban J connectivity index is 1.62. The normalized spacial score (nSPS) is 21.5. The van der Waals surface area contributed by atoms with Crippen molar-refractivity contribution < 1.29 is 28.6 Å². The third kappa shape index (κ3) is 16.3. The van der Waals surface area contributed by atoms with Gasteiger partial charge in [-0.25, -0.2) is 0 Å². The van der Waals surface area contributed by atoms with Gasteiger partial charge in [-0.2, -0.15) is 5.06 Å². The number of ether oxygens (including phenoxy) is 3. The molecule has 0 unspecified atom stereocenters. The minimum Gasteiger partial charge on any atom is -0.462 e. The first-order valence-corrected chi connectivity index (χ1v) is 20.0. The number of terminal acetylenes is 1. The Morgan fingerprint density at radius 1 is 0.615 bits per heavy atom. The average molecular weight is 720 g/mol. The molecular formula is C45H69NO6. The molecule has 1 heterocycles.